The van der Waals surface area contributed by atoms with Gasteiger partial charge in [0, 0.05) is 18.0 Å². The first-order chi connectivity index (χ1) is 12.5. The van der Waals surface area contributed by atoms with Crippen LogP contribution in [0, 0.1) is 0 Å². The Hall–Kier alpha value is -2.10. The Bertz CT molecular complexity index is 752. The molecular weight excluding hydrogens is 322 g/mol. The van der Waals surface area contributed by atoms with Crippen LogP contribution < -0.4 is 0 Å². The molecule has 2 atom stereocenters. The molecule has 26 heavy (non-hydrogen) atoms. The molecule has 1 aliphatic carbocycles. The Morgan fingerprint density at radius 2 is 1.85 bits per heavy atom. The van der Waals surface area contributed by atoms with E-state index in [9.17, 15) is 10.2 Å². The van der Waals surface area contributed by atoms with Crippen LogP contribution in [0.2, 0.25) is 0 Å². The van der Waals surface area contributed by atoms with E-state index in [2.05, 4.69) is 24.3 Å². The molecule has 0 aliphatic heterocycles. The average Bonchev–Trinajstić information content (AvgIpc) is 2.80. The van der Waals surface area contributed by atoms with Crippen molar-refractivity contribution in [1.29, 1.82) is 0 Å². The molecular formula is C23H29NO2. The van der Waals surface area contributed by atoms with Crippen molar-refractivity contribution < 1.29 is 10.2 Å². The van der Waals surface area contributed by atoms with Gasteiger partial charge in [0.2, 0.25) is 0 Å². The number of rotatable bonds is 4. The van der Waals surface area contributed by atoms with Crippen LogP contribution in [-0.2, 0) is 6.54 Å². The van der Waals surface area contributed by atoms with Crippen molar-refractivity contribution in [3.05, 3.63) is 70.8 Å². The van der Waals surface area contributed by atoms with Crippen molar-refractivity contribution in [3.63, 3.8) is 0 Å². The van der Waals surface area contributed by atoms with E-state index in [1.165, 1.54) is 0 Å². The molecule has 3 nitrogen and oxygen atoms in total. The molecule has 0 amide bonds. The molecule has 0 saturated heterocycles. The van der Waals surface area contributed by atoms with Crippen molar-refractivity contribution in [2.45, 2.75) is 44.2 Å². The molecule has 3 heteroatoms. The normalized spacial score (nSPS) is 22.5. The zero-order valence-corrected chi connectivity index (χ0v) is 15.7. The van der Waals surface area contributed by atoms with Crippen LogP contribution in [0.15, 0.2) is 54.1 Å². The Kier molecular flexibility index (Phi) is 6.12. The molecule has 2 aromatic carbocycles. The van der Waals surface area contributed by atoms with Crippen LogP contribution in [0.5, 0.6) is 5.75 Å². The molecule has 0 aromatic heterocycles. The summed E-state index contributed by atoms with van der Waals surface area (Å²) in [6, 6.07) is 16.1. The first-order valence-electron chi connectivity index (χ1n) is 9.44. The second kappa shape index (κ2) is 8.52. The van der Waals surface area contributed by atoms with E-state index in [0.29, 0.717) is 12.3 Å². The van der Waals surface area contributed by atoms with E-state index in [-0.39, 0.29) is 5.92 Å². The second-order valence-electron chi connectivity index (χ2n) is 7.55. The van der Waals surface area contributed by atoms with E-state index in [1.54, 1.807) is 0 Å². The smallest absolute Gasteiger partial charge is 0.120 e. The lowest BCUT2D eigenvalue weighted by atomic mass is 9.86. The van der Waals surface area contributed by atoms with E-state index < -0.39 is 6.10 Å². The number of nitrogens with zero attached hydrogens (tertiary/aromatic N) is 1. The van der Waals surface area contributed by atoms with Crippen molar-refractivity contribution in [2.75, 3.05) is 14.1 Å². The molecule has 0 heterocycles. The summed E-state index contributed by atoms with van der Waals surface area (Å²) in [6.45, 7) is 0.707. The summed E-state index contributed by atoms with van der Waals surface area (Å²) in [6.07, 6.45) is 5.68. The van der Waals surface area contributed by atoms with Gasteiger partial charge in [0.05, 0.1) is 6.10 Å². The first kappa shape index (κ1) is 18.7. The highest BCUT2D eigenvalue weighted by atomic mass is 16.3. The number of aliphatic hydroxyl groups is 1. The summed E-state index contributed by atoms with van der Waals surface area (Å²) in [5, 5.41) is 21.5. The van der Waals surface area contributed by atoms with E-state index >= 15 is 0 Å². The van der Waals surface area contributed by atoms with Gasteiger partial charge in [0.15, 0.2) is 0 Å². The van der Waals surface area contributed by atoms with Crippen LogP contribution in [0.4, 0.5) is 0 Å². The largest absolute Gasteiger partial charge is 0.508 e. The molecule has 2 unspecified atom stereocenters. The van der Waals surface area contributed by atoms with Gasteiger partial charge in [-0.3, -0.25) is 0 Å². The van der Waals surface area contributed by atoms with E-state index in [0.717, 1.165) is 47.9 Å². The Morgan fingerprint density at radius 3 is 2.54 bits per heavy atom. The van der Waals surface area contributed by atoms with Gasteiger partial charge < -0.3 is 15.1 Å². The van der Waals surface area contributed by atoms with Crippen LogP contribution in [0.1, 0.15) is 48.3 Å². The fraction of sp³-hybridized carbons (Fsp3) is 0.391. The number of aliphatic hydroxyl groups excluding tert-OH is 1. The fourth-order valence-electron chi connectivity index (χ4n) is 3.81. The molecule has 1 saturated carbocycles. The molecule has 0 bridgehead atoms. The Labute approximate surface area is 156 Å². The zero-order valence-electron chi connectivity index (χ0n) is 15.7. The van der Waals surface area contributed by atoms with Gasteiger partial charge in [-0.1, -0.05) is 55.0 Å². The molecule has 2 N–H and O–H groups in total. The highest BCUT2D eigenvalue weighted by molar-refractivity contribution is 5.54. The maximum atomic E-state index is 11.1. The lowest BCUT2D eigenvalue weighted by Crippen LogP contribution is -2.19. The molecule has 0 spiro atoms. The van der Waals surface area contributed by atoms with Crippen molar-refractivity contribution in [3.8, 4) is 5.75 Å². The maximum absolute atomic E-state index is 11.1. The molecule has 138 valence electrons. The predicted octanol–water partition coefficient (Wildman–Crippen LogP) is 4.56. The van der Waals surface area contributed by atoms with Crippen LogP contribution in [0.3, 0.4) is 0 Å². The Morgan fingerprint density at radius 1 is 1.08 bits per heavy atom. The summed E-state index contributed by atoms with van der Waals surface area (Å²) in [4.78, 5) is 2.04. The highest BCUT2D eigenvalue weighted by Crippen LogP contribution is 2.37. The number of phenols is 1. The third kappa shape index (κ3) is 4.54. The summed E-state index contributed by atoms with van der Waals surface area (Å²) in [5.41, 5.74) is 4.17. The average molecular weight is 351 g/mol. The number of aromatic hydroxyl groups is 1. The quantitative estimate of drug-likeness (QED) is 0.794. The minimum Gasteiger partial charge on any atom is -0.508 e. The van der Waals surface area contributed by atoms with Crippen molar-refractivity contribution in [1.82, 2.24) is 4.90 Å². The summed E-state index contributed by atoms with van der Waals surface area (Å²) < 4.78 is 0. The summed E-state index contributed by atoms with van der Waals surface area (Å²) in [5.74, 6) is 0.355. The lowest BCUT2D eigenvalue weighted by Gasteiger charge is -2.24. The standard InChI is InChI=1S/C23H29NO2/c1-24(2)16-20-13-12-18(15-22(20)25)21-11-7-6-10-19(23(21)26)14-17-8-4-3-5-9-17/h3-5,8-9,12-15,21,23,25-26H,6-7,10-11,16H2,1-2H3. The first-order valence-corrected chi connectivity index (χ1v) is 9.44. The number of hydrogen-bond donors (Lipinski definition) is 2. The van der Waals surface area contributed by atoms with Gasteiger partial charge in [-0.2, -0.15) is 0 Å². The molecule has 3 rings (SSSR count). The topological polar surface area (TPSA) is 43.7 Å². The van der Waals surface area contributed by atoms with Gasteiger partial charge in [-0.25, -0.2) is 0 Å². The predicted molar refractivity (Wildman–Crippen MR) is 107 cm³/mol. The van der Waals surface area contributed by atoms with Gasteiger partial charge in [-0.15, -0.1) is 0 Å². The molecule has 1 aliphatic rings. The third-order valence-electron chi connectivity index (χ3n) is 5.17. The highest BCUT2D eigenvalue weighted by Gasteiger charge is 2.27. The minimum atomic E-state index is -0.503. The molecule has 0 radical (unpaired) electrons. The minimum absolute atomic E-state index is 0.0340. The number of phenolic OH excluding ortho intramolecular Hbond substituents is 1. The van der Waals surface area contributed by atoms with Crippen molar-refractivity contribution in [2.24, 2.45) is 0 Å². The number of benzene rings is 2. The van der Waals surface area contributed by atoms with E-state index in [4.69, 9.17) is 0 Å². The molecule has 2 aromatic rings. The van der Waals surface area contributed by atoms with Gasteiger partial charge >= 0.3 is 0 Å². The number of hydrogen-bond acceptors (Lipinski definition) is 3. The van der Waals surface area contributed by atoms with Crippen LogP contribution >= 0.6 is 0 Å². The lowest BCUT2D eigenvalue weighted by molar-refractivity contribution is 0.176. The van der Waals surface area contributed by atoms with Crippen LogP contribution in [0.25, 0.3) is 6.08 Å². The maximum Gasteiger partial charge on any atom is 0.120 e. The zero-order chi connectivity index (χ0) is 18.5. The fourth-order valence-corrected chi connectivity index (χ4v) is 3.81. The van der Waals surface area contributed by atoms with Gasteiger partial charge in [0.25, 0.3) is 0 Å². The Balaban J connectivity index is 1.87. The SMILES string of the molecule is CN(C)Cc1ccc(C2CCCCC(=Cc3ccccc3)C2O)cc1O. The van der Waals surface area contributed by atoms with E-state index in [1.807, 2.05) is 49.3 Å². The second-order valence-corrected chi connectivity index (χ2v) is 7.55. The van der Waals surface area contributed by atoms with Crippen molar-refractivity contribution >= 4 is 6.08 Å². The van der Waals surface area contributed by atoms with Gasteiger partial charge in [-0.05, 0) is 56.1 Å². The molecule has 1 fully saturated rings. The summed E-state index contributed by atoms with van der Waals surface area (Å²) >= 11 is 0. The monoisotopic (exact) mass is 351 g/mol. The summed E-state index contributed by atoms with van der Waals surface area (Å²) in [7, 11) is 3.98. The third-order valence-corrected chi connectivity index (χ3v) is 5.17. The van der Waals surface area contributed by atoms with Gasteiger partial charge in [0.1, 0.15) is 5.75 Å². The van der Waals surface area contributed by atoms with Crippen LogP contribution in [-0.4, -0.2) is 35.3 Å².